The molecule has 1 aromatic carbocycles. The molecule has 0 aliphatic rings. The number of amides is 1. The summed E-state index contributed by atoms with van der Waals surface area (Å²) in [7, 11) is 4.82. The number of hydrogen-bond acceptors (Lipinski definition) is 7. The first kappa shape index (κ1) is 17.4. The molecule has 0 saturated carbocycles. The van der Waals surface area contributed by atoms with E-state index in [0.717, 1.165) is 11.3 Å². The first-order valence-electron chi connectivity index (χ1n) is 7.49. The van der Waals surface area contributed by atoms with Crippen LogP contribution in [0.15, 0.2) is 30.5 Å². The van der Waals surface area contributed by atoms with Gasteiger partial charge in [0.1, 0.15) is 28.1 Å². The lowest BCUT2D eigenvalue weighted by atomic mass is 10.1. The molecule has 0 fully saturated rings. The van der Waals surface area contributed by atoms with Gasteiger partial charge in [0.05, 0.1) is 26.1 Å². The van der Waals surface area contributed by atoms with Crippen LogP contribution < -0.4 is 14.8 Å². The van der Waals surface area contributed by atoms with Crippen molar-refractivity contribution >= 4 is 22.4 Å². The maximum atomic E-state index is 12.5. The summed E-state index contributed by atoms with van der Waals surface area (Å²) in [5.41, 5.74) is 1.63. The van der Waals surface area contributed by atoms with E-state index in [2.05, 4.69) is 15.4 Å². The van der Waals surface area contributed by atoms with Crippen molar-refractivity contribution < 1.29 is 14.3 Å². The fraction of sp³-hybridized carbons (Fsp3) is 0.176. The van der Waals surface area contributed by atoms with Gasteiger partial charge in [0, 0.05) is 12.6 Å². The predicted octanol–water partition coefficient (Wildman–Crippen LogP) is 2.68. The molecule has 3 aromatic rings. The van der Waals surface area contributed by atoms with Gasteiger partial charge in [0.2, 0.25) is 0 Å². The molecule has 132 valence electrons. The molecule has 8 nitrogen and oxygen atoms in total. The molecular formula is C17H15N5O3S. The molecule has 0 saturated heterocycles. The number of nitriles is 1. The molecule has 0 spiro atoms. The Bertz CT molecular complexity index is 1000. The number of ether oxygens (including phenoxy) is 2. The Hall–Kier alpha value is -3.38. The van der Waals surface area contributed by atoms with Gasteiger partial charge in [-0.2, -0.15) is 10.4 Å². The Labute approximate surface area is 153 Å². The van der Waals surface area contributed by atoms with Crippen LogP contribution >= 0.6 is 11.3 Å². The minimum Gasteiger partial charge on any atom is -0.497 e. The molecule has 2 heterocycles. The fourth-order valence-corrected chi connectivity index (χ4v) is 2.98. The summed E-state index contributed by atoms with van der Waals surface area (Å²) < 4.78 is 12.1. The number of benzene rings is 1. The van der Waals surface area contributed by atoms with E-state index in [4.69, 9.17) is 14.7 Å². The lowest BCUT2D eigenvalue weighted by Crippen LogP contribution is -2.15. The summed E-state index contributed by atoms with van der Waals surface area (Å²) in [6.07, 6.45) is 1.41. The van der Waals surface area contributed by atoms with E-state index in [1.54, 1.807) is 45.5 Å². The SMILES string of the molecule is COc1ccc(OC)c(-c2cc(C(=O)Nc3ncc(C#N)s3)n(C)n2)c1. The van der Waals surface area contributed by atoms with Gasteiger partial charge in [-0.05, 0) is 24.3 Å². The number of carbonyl (C=O) groups excluding carboxylic acids is 1. The van der Waals surface area contributed by atoms with E-state index >= 15 is 0 Å². The van der Waals surface area contributed by atoms with Crippen molar-refractivity contribution in [3.8, 4) is 28.8 Å². The first-order valence-corrected chi connectivity index (χ1v) is 8.31. The first-order chi connectivity index (χ1) is 12.5. The van der Waals surface area contributed by atoms with Crippen LogP contribution in [0.4, 0.5) is 5.13 Å². The van der Waals surface area contributed by atoms with Crippen LogP contribution in [0.1, 0.15) is 15.4 Å². The number of aryl methyl sites for hydroxylation is 1. The molecule has 0 aliphatic heterocycles. The summed E-state index contributed by atoms with van der Waals surface area (Å²) in [5.74, 6) is 0.908. The van der Waals surface area contributed by atoms with Crippen LogP contribution in [-0.4, -0.2) is 34.9 Å². The van der Waals surface area contributed by atoms with Crippen molar-refractivity contribution in [2.24, 2.45) is 7.05 Å². The van der Waals surface area contributed by atoms with Gasteiger partial charge < -0.3 is 9.47 Å². The van der Waals surface area contributed by atoms with E-state index < -0.39 is 0 Å². The van der Waals surface area contributed by atoms with Crippen molar-refractivity contribution in [1.29, 1.82) is 5.26 Å². The summed E-state index contributed by atoms with van der Waals surface area (Å²) in [4.78, 5) is 16.9. The molecule has 26 heavy (non-hydrogen) atoms. The maximum Gasteiger partial charge on any atom is 0.275 e. The number of methoxy groups -OCH3 is 2. The van der Waals surface area contributed by atoms with Crippen molar-refractivity contribution in [1.82, 2.24) is 14.8 Å². The standard InChI is InChI=1S/C17H15N5O3S/c1-22-14(16(23)20-17-19-9-11(8-18)26-17)7-13(21-22)12-6-10(24-2)4-5-15(12)25-3/h4-7,9H,1-3H3,(H,19,20,23). The van der Waals surface area contributed by atoms with Gasteiger partial charge in [-0.3, -0.25) is 14.8 Å². The van der Waals surface area contributed by atoms with Gasteiger partial charge in [-0.15, -0.1) is 0 Å². The number of hydrogen-bond donors (Lipinski definition) is 1. The zero-order valence-electron chi connectivity index (χ0n) is 14.3. The monoisotopic (exact) mass is 369 g/mol. The van der Waals surface area contributed by atoms with E-state index in [1.165, 1.54) is 10.9 Å². The Morgan fingerprint density at radius 3 is 2.77 bits per heavy atom. The highest BCUT2D eigenvalue weighted by atomic mass is 32.1. The molecule has 0 radical (unpaired) electrons. The van der Waals surface area contributed by atoms with Crippen LogP contribution in [0.2, 0.25) is 0 Å². The van der Waals surface area contributed by atoms with Gasteiger partial charge in [0.25, 0.3) is 5.91 Å². The molecule has 0 bridgehead atoms. The van der Waals surface area contributed by atoms with Gasteiger partial charge in [0.15, 0.2) is 5.13 Å². The number of carbonyl (C=O) groups is 1. The van der Waals surface area contributed by atoms with E-state index in [1.807, 2.05) is 6.07 Å². The summed E-state index contributed by atoms with van der Waals surface area (Å²) in [6, 6.07) is 9.00. The highest BCUT2D eigenvalue weighted by molar-refractivity contribution is 7.16. The topological polar surface area (TPSA) is 102 Å². The second kappa shape index (κ2) is 7.25. The number of nitrogens with one attached hydrogen (secondary N) is 1. The quantitative estimate of drug-likeness (QED) is 0.742. The van der Waals surface area contributed by atoms with E-state index in [9.17, 15) is 4.79 Å². The second-order valence-electron chi connectivity index (χ2n) is 5.20. The Morgan fingerprint density at radius 1 is 1.31 bits per heavy atom. The van der Waals surface area contributed by atoms with Gasteiger partial charge in [-0.1, -0.05) is 11.3 Å². The third-order valence-electron chi connectivity index (χ3n) is 3.63. The highest BCUT2D eigenvalue weighted by Gasteiger charge is 2.18. The van der Waals surface area contributed by atoms with Crippen LogP contribution in [0.5, 0.6) is 11.5 Å². The third kappa shape index (κ3) is 3.36. The van der Waals surface area contributed by atoms with Gasteiger partial charge >= 0.3 is 0 Å². The highest BCUT2D eigenvalue weighted by Crippen LogP contribution is 2.33. The molecule has 0 aliphatic carbocycles. The smallest absolute Gasteiger partial charge is 0.275 e. The summed E-state index contributed by atoms with van der Waals surface area (Å²) in [5, 5.41) is 16.3. The van der Waals surface area contributed by atoms with Crippen molar-refractivity contribution in [2.45, 2.75) is 0 Å². The van der Waals surface area contributed by atoms with Crippen molar-refractivity contribution in [3.63, 3.8) is 0 Å². The van der Waals surface area contributed by atoms with Crippen molar-refractivity contribution in [2.75, 3.05) is 19.5 Å². The average Bonchev–Trinajstić information content (AvgIpc) is 3.27. The molecule has 1 amide bonds. The number of anilines is 1. The number of thiazole rings is 1. The Kier molecular flexibility index (Phi) is 4.86. The molecule has 9 heteroatoms. The zero-order valence-corrected chi connectivity index (χ0v) is 15.1. The van der Waals surface area contributed by atoms with Gasteiger partial charge in [-0.25, -0.2) is 4.98 Å². The van der Waals surface area contributed by atoms with Crippen LogP contribution in [0, 0.1) is 11.3 Å². The molecule has 0 atom stereocenters. The lowest BCUT2D eigenvalue weighted by Gasteiger charge is -2.08. The number of nitrogens with zero attached hydrogens (tertiary/aromatic N) is 4. The average molecular weight is 369 g/mol. The number of rotatable bonds is 5. The predicted molar refractivity (Wildman–Crippen MR) is 96.5 cm³/mol. The summed E-state index contributed by atoms with van der Waals surface area (Å²) in [6.45, 7) is 0. The van der Waals surface area contributed by atoms with Crippen molar-refractivity contribution in [3.05, 3.63) is 41.0 Å². The van der Waals surface area contributed by atoms with Crippen LogP contribution in [0.25, 0.3) is 11.3 Å². The molecule has 0 unspecified atom stereocenters. The fourth-order valence-electron chi connectivity index (χ4n) is 2.37. The van der Waals surface area contributed by atoms with E-state index in [0.29, 0.717) is 38.5 Å². The number of aromatic nitrogens is 3. The zero-order chi connectivity index (χ0) is 18.7. The largest absolute Gasteiger partial charge is 0.497 e. The minimum absolute atomic E-state index is 0.346. The van der Waals surface area contributed by atoms with E-state index in [-0.39, 0.29) is 5.91 Å². The second-order valence-corrected chi connectivity index (χ2v) is 6.23. The van der Waals surface area contributed by atoms with Crippen LogP contribution in [-0.2, 0) is 7.05 Å². The summed E-state index contributed by atoms with van der Waals surface area (Å²) >= 11 is 1.11. The van der Waals surface area contributed by atoms with Crippen LogP contribution in [0.3, 0.4) is 0 Å². The molecule has 2 aromatic heterocycles. The lowest BCUT2D eigenvalue weighted by molar-refractivity contribution is 0.101. The Morgan fingerprint density at radius 2 is 2.12 bits per heavy atom. The molecule has 3 rings (SSSR count). The maximum absolute atomic E-state index is 12.5. The molecule has 1 N–H and O–H groups in total. The third-order valence-corrected chi connectivity index (χ3v) is 4.45. The normalized spacial score (nSPS) is 10.2. The minimum atomic E-state index is -0.369. The Balaban J connectivity index is 1.92. The molecular weight excluding hydrogens is 354 g/mol.